The molecule has 0 atom stereocenters. The fourth-order valence-electron chi connectivity index (χ4n) is 2.16. The number of nitrogens with one attached hydrogen (secondary N) is 2. The Labute approximate surface area is 102 Å². The van der Waals surface area contributed by atoms with Crippen molar-refractivity contribution in [3.8, 4) is 11.6 Å². The van der Waals surface area contributed by atoms with Crippen molar-refractivity contribution in [1.82, 2.24) is 19.9 Å². The average molecular weight is 238 g/mol. The van der Waals surface area contributed by atoms with Crippen LogP contribution in [0.3, 0.4) is 0 Å². The monoisotopic (exact) mass is 238 g/mol. The predicted molar refractivity (Wildman–Crippen MR) is 68.2 cm³/mol. The molecule has 0 amide bonds. The molecule has 0 saturated heterocycles. The fourth-order valence-corrected chi connectivity index (χ4v) is 2.16. The van der Waals surface area contributed by atoms with E-state index in [4.69, 9.17) is 4.42 Å². The number of H-pyrrole nitrogens is 2. The summed E-state index contributed by atoms with van der Waals surface area (Å²) in [6.07, 6.45) is 3.62. The van der Waals surface area contributed by atoms with Crippen LogP contribution in [-0.2, 0) is 0 Å². The lowest BCUT2D eigenvalue weighted by molar-refractivity contribution is 0.545. The van der Waals surface area contributed by atoms with Crippen molar-refractivity contribution >= 4 is 22.1 Å². The third kappa shape index (κ3) is 1.21. The summed E-state index contributed by atoms with van der Waals surface area (Å²) >= 11 is 0. The van der Waals surface area contributed by atoms with Crippen molar-refractivity contribution in [2.45, 2.75) is 6.92 Å². The van der Waals surface area contributed by atoms with Crippen molar-refractivity contribution < 1.29 is 4.42 Å². The molecule has 0 aromatic carbocycles. The summed E-state index contributed by atoms with van der Waals surface area (Å²) in [5, 5.41) is 1.04. The topological polar surface area (TPSA) is 70.5 Å². The highest BCUT2D eigenvalue weighted by Crippen LogP contribution is 2.25. The number of fused-ring (bicyclic) bond motifs is 3. The van der Waals surface area contributed by atoms with Crippen LogP contribution in [0.15, 0.2) is 35.0 Å². The summed E-state index contributed by atoms with van der Waals surface area (Å²) in [5.74, 6) is 2.34. The van der Waals surface area contributed by atoms with Crippen LogP contribution in [0.4, 0.5) is 0 Å². The molecular weight excluding hydrogens is 228 g/mol. The van der Waals surface area contributed by atoms with Gasteiger partial charge in [-0.1, -0.05) is 0 Å². The number of furan rings is 1. The van der Waals surface area contributed by atoms with Gasteiger partial charge in [-0.05, 0) is 25.1 Å². The van der Waals surface area contributed by atoms with Crippen LogP contribution in [0.2, 0.25) is 0 Å². The van der Waals surface area contributed by atoms with Crippen molar-refractivity contribution in [2.75, 3.05) is 0 Å². The van der Waals surface area contributed by atoms with Crippen LogP contribution in [-0.4, -0.2) is 19.9 Å². The maximum Gasteiger partial charge on any atom is 0.174 e. The Morgan fingerprint density at radius 1 is 1.22 bits per heavy atom. The Morgan fingerprint density at radius 3 is 3.00 bits per heavy atom. The second-order valence-corrected chi connectivity index (χ2v) is 4.25. The third-order valence-electron chi connectivity index (χ3n) is 3.02. The molecule has 2 N–H and O–H groups in total. The van der Waals surface area contributed by atoms with E-state index in [9.17, 15) is 0 Å². The Bertz CT molecular complexity index is 852. The van der Waals surface area contributed by atoms with Gasteiger partial charge in [-0.15, -0.1) is 0 Å². The molecule has 0 aliphatic heterocycles. The standard InChI is InChI=1S/C13H10N4O/c1-7-2-3-10(18-7)13-16-9-6-15-12-8(4-5-14-12)11(9)17-13/h2-6H,1H3,(H,14,15)(H,16,17). The third-order valence-corrected chi connectivity index (χ3v) is 3.02. The van der Waals surface area contributed by atoms with Gasteiger partial charge >= 0.3 is 0 Å². The molecule has 4 aromatic rings. The number of aryl methyl sites for hydroxylation is 1. The molecule has 5 heteroatoms. The summed E-state index contributed by atoms with van der Waals surface area (Å²) in [7, 11) is 0. The molecule has 0 radical (unpaired) electrons. The van der Waals surface area contributed by atoms with Crippen molar-refractivity contribution in [3.05, 3.63) is 36.4 Å². The first-order chi connectivity index (χ1) is 8.81. The summed E-state index contributed by atoms with van der Waals surface area (Å²) in [5.41, 5.74) is 2.67. The van der Waals surface area contributed by atoms with Gasteiger partial charge in [-0.3, -0.25) is 0 Å². The Balaban J connectivity index is 2.03. The van der Waals surface area contributed by atoms with E-state index in [2.05, 4.69) is 19.9 Å². The van der Waals surface area contributed by atoms with Gasteiger partial charge < -0.3 is 14.4 Å². The van der Waals surface area contributed by atoms with Crippen LogP contribution in [0.25, 0.3) is 33.7 Å². The second kappa shape index (κ2) is 3.22. The van der Waals surface area contributed by atoms with Crippen LogP contribution >= 0.6 is 0 Å². The molecular formula is C13H10N4O. The van der Waals surface area contributed by atoms with Gasteiger partial charge in [0.2, 0.25) is 0 Å². The van der Waals surface area contributed by atoms with Gasteiger partial charge in [0.15, 0.2) is 11.6 Å². The number of hydrogen-bond acceptors (Lipinski definition) is 3. The molecule has 0 aliphatic rings. The van der Waals surface area contributed by atoms with Crippen LogP contribution < -0.4 is 0 Å². The number of pyridine rings is 1. The zero-order valence-electron chi connectivity index (χ0n) is 9.69. The lowest BCUT2D eigenvalue weighted by atomic mass is 10.3. The molecule has 0 fully saturated rings. The molecule has 4 aromatic heterocycles. The number of nitrogens with zero attached hydrogens (tertiary/aromatic N) is 2. The smallest absolute Gasteiger partial charge is 0.174 e. The van der Waals surface area contributed by atoms with E-state index < -0.39 is 0 Å². The van der Waals surface area contributed by atoms with E-state index in [0.717, 1.165) is 39.4 Å². The van der Waals surface area contributed by atoms with Crippen molar-refractivity contribution in [3.63, 3.8) is 0 Å². The highest BCUT2D eigenvalue weighted by molar-refractivity contribution is 6.01. The average Bonchev–Trinajstić information content (AvgIpc) is 3.04. The normalized spacial score (nSPS) is 11.6. The number of rotatable bonds is 1. The largest absolute Gasteiger partial charge is 0.458 e. The molecule has 0 spiro atoms. The van der Waals surface area contributed by atoms with E-state index in [1.54, 1.807) is 6.20 Å². The molecule has 4 heterocycles. The highest BCUT2D eigenvalue weighted by atomic mass is 16.3. The lowest BCUT2D eigenvalue weighted by Gasteiger charge is -1.89. The zero-order valence-corrected chi connectivity index (χ0v) is 9.69. The maximum atomic E-state index is 5.57. The van der Waals surface area contributed by atoms with E-state index in [-0.39, 0.29) is 0 Å². The van der Waals surface area contributed by atoms with Crippen molar-refractivity contribution in [1.29, 1.82) is 0 Å². The van der Waals surface area contributed by atoms with Gasteiger partial charge in [-0.2, -0.15) is 0 Å². The van der Waals surface area contributed by atoms with Gasteiger partial charge in [0.1, 0.15) is 16.9 Å². The second-order valence-electron chi connectivity index (χ2n) is 4.25. The Kier molecular flexibility index (Phi) is 1.70. The number of aromatic nitrogens is 4. The number of aromatic amines is 2. The minimum atomic E-state index is 0.730. The zero-order chi connectivity index (χ0) is 12.1. The van der Waals surface area contributed by atoms with Crippen molar-refractivity contribution in [2.24, 2.45) is 0 Å². The summed E-state index contributed by atoms with van der Waals surface area (Å²) < 4.78 is 5.57. The van der Waals surface area contributed by atoms with Crippen LogP contribution in [0, 0.1) is 6.92 Å². The van der Waals surface area contributed by atoms with E-state index in [1.165, 1.54) is 0 Å². The minimum absolute atomic E-state index is 0.730. The maximum absolute atomic E-state index is 5.57. The van der Waals surface area contributed by atoms with Crippen LogP contribution in [0.5, 0.6) is 0 Å². The number of hydrogen-bond donors (Lipinski definition) is 2. The van der Waals surface area contributed by atoms with Gasteiger partial charge in [0.25, 0.3) is 0 Å². The molecule has 88 valence electrons. The van der Waals surface area contributed by atoms with Crippen LogP contribution in [0.1, 0.15) is 5.76 Å². The first-order valence-corrected chi connectivity index (χ1v) is 5.70. The Morgan fingerprint density at radius 2 is 2.17 bits per heavy atom. The summed E-state index contributed by atoms with van der Waals surface area (Å²) in [6.45, 7) is 1.91. The van der Waals surface area contributed by atoms with Gasteiger partial charge in [0, 0.05) is 11.6 Å². The van der Waals surface area contributed by atoms with Gasteiger partial charge in [0.05, 0.1) is 11.7 Å². The molecule has 0 aliphatic carbocycles. The first-order valence-electron chi connectivity index (χ1n) is 5.70. The summed E-state index contributed by atoms with van der Waals surface area (Å²) in [6, 6.07) is 5.82. The number of imidazole rings is 1. The van der Waals surface area contributed by atoms with E-state index in [1.807, 2.05) is 31.3 Å². The molecule has 4 rings (SSSR count). The SMILES string of the molecule is Cc1ccc(-c2nc3cnc4[nH]ccc4c3[nH]2)o1. The molecule has 18 heavy (non-hydrogen) atoms. The fraction of sp³-hybridized carbons (Fsp3) is 0.0769. The van der Waals surface area contributed by atoms with E-state index >= 15 is 0 Å². The molecule has 0 bridgehead atoms. The molecule has 5 nitrogen and oxygen atoms in total. The first kappa shape index (κ1) is 9.47. The van der Waals surface area contributed by atoms with Gasteiger partial charge in [-0.25, -0.2) is 9.97 Å². The quantitative estimate of drug-likeness (QED) is 0.535. The lowest BCUT2D eigenvalue weighted by Crippen LogP contribution is -1.77. The summed E-state index contributed by atoms with van der Waals surface area (Å²) in [4.78, 5) is 15.2. The molecule has 0 unspecified atom stereocenters. The Hall–Kier alpha value is -2.56. The minimum Gasteiger partial charge on any atom is -0.458 e. The highest BCUT2D eigenvalue weighted by Gasteiger charge is 2.11. The molecule has 0 saturated carbocycles. The van der Waals surface area contributed by atoms with E-state index in [0.29, 0.717) is 0 Å². The predicted octanol–water partition coefficient (Wildman–Crippen LogP) is 3.01.